The SMILES string of the molecule is N#Cc1c(N2C(=O)c3ccc(F)cc3C2=O)c(C(=O)Nc2ccc(F)cc2)n2c1CCC2. The lowest BCUT2D eigenvalue weighted by molar-refractivity contribution is 0.0926. The number of amides is 3. The van der Waals surface area contributed by atoms with Gasteiger partial charge in [-0.1, -0.05) is 0 Å². The molecule has 158 valence electrons. The molecule has 0 aliphatic carbocycles. The van der Waals surface area contributed by atoms with Gasteiger partial charge in [0.05, 0.1) is 16.7 Å². The molecule has 0 spiro atoms. The summed E-state index contributed by atoms with van der Waals surface area (Å²) in [7, 11) is 0. The van der Waals surface area contributed by atoms with Crippen LogP contribution in [0.15, 0.2) is 42.5 Å². The number of hydrogen-bond acceptors (Lipinski definition) is 4. The highest BCUT2D eigenvalue weighted by molar-refractivity contribution is 6.36. The van der Waals surface area contributed by atoms with Crippen molar-refractivity contribution in [1.29, 1.82) is 5.26 Å². The summed E-state index contributed by atoms with van der Waals surface area (Å²) < 4.78 is 28.6. The summed E-state index contributed by atoms with van der Waals surface area (Å²) in [5, 5.41) is 12.5. The van der Waals surface area contributed by atoms with Gasteiger partial charge < -0.3 is 9.88 Å². The molecule has 32 heavy (non-hydrogen) atoms. The van der Waals surface area contributed by atoms with Crippen molar-refractivity contribution in [3.8, 4) is 6.07 Å². The van der Waals surface area contributed by atoms with Crippen molar-refractivity contribution in [2.24, 2.45) is 0 Å². The number of carbonyl (C=O) groups excluding carboxylic acids is 3. The molecule has 0 radical (unpaired) electrons. The topological polar surface area (TPSA) is 95.2 Å². The molecule has 0 bridgehead atoms. The zero-order chi connectivity index (χ0) is 22.6. The lowest BCUT2D eigenvalue weighted by Crippen LogP contribution is -2.32. The van der Waals surface area contributed by atoms with E-state index in [9.17, 15) is 28.4 Å². The third-order valence-corrected chi connectivity index (χ3v) is 5.64. The summed E-state index contributed by atoms with van der Waals surface area (Å²) in [5.74, 6) is -3.35. The maximum atomic E-state index is 13.7. The minimum Gasteiger partial charge on any atom is -0.337 e. The molecule has 0 atom stereocenters. The first kappa shape index (κ1) is 19.6. The zero-order valence-electron chi connectivity index (χ0n) is 16.5. The van der Waals surface area contributed by atoms with Crippen molar-refractivity contribution in [1.82, 2.24) is 4.57 Å². The van der Waals surface area contributed by atoms with Crippen LogP contribution < -0.4 is 10.2 Å². The molecule has 0 saturated heterocycles. The van der Waals surface area contributed by atoms with Gasteiger partial charge in [-0.05, 0) is 55.3 Å². The van der Waals surface area contributed by atoms with Gasteiger partial charge in [0.1, 0.15) is 29.1 Å². The fourth-order valence-corrected chi connectivity index (χ4v) is 4.27. The fourth-order valence-electron chi connectivity index (χ4n) is 4.27. The normalized spacial score (nSPS) is 14.3. The van der Waals surface area contributed by atoms with E-state index in [2.05, 4.69) is 5.32 Å². The molecule has 0 saturated carbocycles. The summed E-state index contributed by atoms with van der Waals surface area (Å²) in [6.07, 6.45) is 1.19. The Morgan fingerprint density at radius 3 is 2.41 bits per heavy atom. The first-order valence-electron chi connectivity index (χ1n) is 9.81. The van der Waals surface area contributed by atoms with Crippen LogP contribution in [-0.4, -0.2) is 22.3 Å². The average molecular weight is 432 g/mol. The van der Waals surface area contributed by atoms with Gasteiger partial charge in [-0.15, -0.1) is 0 Å². The molecule has 1 aromatic heterocycles. The van der Waals surface area contributed by atoms with Crippen LogP contribution in [0.5, 0.6) is 0 Å². The molecule has 2 aromatic carbocycles. The van der Waals surface area contributed by atoms with Crippen LogP contribution in [0.3, 0.4) is 0 Å². The molecule has 2 aliphatic rings. The molecule has 3 amide bonds. The second kappa shape index (κ2) is 7.13. The highest BCUT2D eigenvalue weighted by Gasteiger charge is 2.43. The molecule has 1 N–H and O–H groups in total. The Hall–Kier alpha value is -4.32. The molecular formula is C23H14F2N4O3. The van der Waals surface area contributed by atoms with Crippen molar-refractivity contribution in [2.45, 2.75) is 19.4 Å². The Bertz CT molecular complexity index is 1370. The van der Waals surface area contributed by atoms with E-state index in [1.807, 2.05) is 6.07 Å². The molecule has 0 unspecified atom stereocenters. The van der Waals surface area contributed by atoms with Gasteiger partial charge >= 0.3 is 0 Å². The Balaban J connectivity index is 1.66. The summed E-state index contributed by atoms with van der Waals surface area (Å²) in [6.45, 7) is 0.425. The quantitative estimate of drug-likeness (QED) is 0.640. The maximum absolute atomic E-state index is 13.7. The molecule has 5 rings (SSSR count). The van der Waals surface area contributed by atoms with Crippen LogP contribution in [0.4, 0.5) is 20.2 Å². The molecular weight excluding hydrogens is 418 g/mol. The second-order valence-electron chi connectivity index (χ2n) is 7.48. The number of halogens is 2. The van der Waals surface area contributed by atoms with Crippen LogP contribution in [-0.2, 0) is 13.0 Å². The lowest BCUT2D eigenvalue weighted by Gasteiger charge is -2.17. The Kier molecular flexibility index (Phi) is 4.37. The number of rotatable bonds is 3. The molecule has 2 aliphatic heterocycles. The molecule has 3 aromatic rings. The van der Waals surface area contributed by atoms with E-state index >= 15 is 0 Å². The summed E-state index contributed by atoms with van der Waals surface area (Å²) in [6, 6.07) is 10.4. The molecule has 3 heterocycles. The second-order valence-corrected chi connectivity index (χ2v) is 7.48. The van der Waals surface area contributed by atoms with Gasteiger partial charge in [0.25, 0.3) is 17.7 Å². The maximum Gasteiger partial charge on any atom is 0.274 e. The summed E-state index contributed by atoms with van der Waals surface area (Å²) in [5.41, 5.74) is 0.642. The average Bonchev–Trinajstić information content (AvgIpc) is 3.41. The van der Waals surface area contributed by atoms with Crippen LogP contribution in [0.1, 0.15) is 48.9 Å². The van der Waals surface area contributed by atoms with Crippen molar-refractivity contribution in [3.63, 3.8) is 0 Å². The van der Waals surface area contributed by atoms with E-state index in [4.69, 9.17) is 0 Å². The standard InChI is InChI=1S/C23H14F2N4O3/c24-12-3-6-14(7-4-12)27-21(30)20-19(17(11-26)18-2-1-9-28(18)20)29-22(31)15-8-5-13(25)10-16(15)23(29)32/h3-8,10H,1-2,9H2,(H,27,30). The number of nitrogens with zero attached hydrogens (tertiary/aromatic N) is 3. The van der Waals surface area contributed by atoms with E-state index in [-0.39, 0.29) is 28.1 Å². The van der Waals surface area contributed by atoms with Crippen LogP contribution >= 0.6 is 0 Å². The Labute approximate surface area is 180 Å². The number of fused-ring (bicyclic) bond motifs is 2. The van der Waals surface area contributed by atoms with Gasteiger partial charge in [0.2, 0.25) is 0 Å². The predicted molar refractivity (Wildman–Crippen MR) is 109 cm³/mol. The van der Waals surface area contributed by atoms with Gasteiger partial charge in [-0.25, -0.2) is 13.7 Å². The molecule has 7 nitrogen and oxygen atoms in total. The zero-order valence-corrected chi connectivity index (χ0v) is 16.5. The fraction of sp³-hybridized carbons (Fsp3) is 0.130. The minimum atomic E-state index is -0.805. The minimum absolute atomic E-state index is 0.00320. The highest BCUT2D eigenvalue weighted by Crippen LogP contribution is 2.39. The van der Waals surface area contributed by atoms with E-state index in [1.165, 1.54) is 30.3 Å². The first-order chi connectivity index (χ1) is 15.4. The Morgan fingerprint density at radius 2 is 1.69 bits per heavy atom. The lowest BCUT2D eigenvalue weighted by atomic mass is 10.1. The van der Waals surface area contributed by atoms with E-state index in [0.717, 1.165) is 17.0 Å². The van der Waals surface area contributed by atoms with Gasteiger partial charge in [-0.2, -0.15) is 5.26 Å². The van der Waals surface area contributed by atoms with Crippen LogP contribution in [0, 0.1) is 23.0 Å². The highest BCUT2D eigenvalue weighted by atomic mass is 19.1. The largest absolute Gasteiger partial charge is 0.337 e. The van der Waals surface area contributed by atoms with Gasteiger partial charge in [-0.3, -0.25) is 14.4 Å². The van der Waals surface area contributed by atoms with Crippen molar-refractivity contribution < 1.29 is 23.2 Å². The number of hydrogen-bond donors (Lipinski definition) is 1. The third-order valence-electron chi connectivity index (χ3n) is 5.64. The third kappa shape index (κ3) is 2.80. The Morgan fingerprint density at radius 1 is 1.00 bits per heavy atom. The van der Waals surface area contributed by atoms with Gasteiger partial charge in [0, 0.05) is 17.9 Å². The molecule has 0 fully saturated rings. The summed E-state index contributed by atoms with van der Waals surface area (Å²) >= 11 is 0. The number of benzene rings is 2. The van der Waals surface area contributed by atoms with E-state index in [0.29, 0.717) is 30.8 Å². The number of aromatic nitrogens is 1. The molecule has 9 heteroatoms. The van der Waals surface area contributed by atoms with Gasteiger partial charge in [0.15, 0.2) is 0 Å². The van der Waals surface area contributed by atoms with Crippen LogP contribution in [0.2, 0.25) is 0 Å². The number of nitrogens with one attached hydrogen (secondary N) is 1. The number of carbonyl (C=O) groups is 3. The first-order valence-corrected chi connectivity index (χ1v) is 9.81. The monoisotopic (exact) mass is 432 g/mol. The number of nitriles is 1. The van der Waals surface area contributed by atoms with Crippen molar-refractivity contribution >= 4 is 29.1 Å². The van der Waals surface area contributed by atoms with Crippen LogP contribution in [0.25, 0.3) is 0 Å². The smallest absolute Gasteiger partial charge is 0.274 e. The predicted octanol–water partition coefficient (Wildman–Crippen LogP) is 3.64. The number of imide groups is 1. The number of anilines is 2. The summed E-state index contributed by atoms with van der Waals surface area (Å²) in [4.78, 5) is 40.2. The van der Waals surface area contributed by atoms with Crippen molar-refractivity contribution in [2.75, 3.05) is 10.2 Å². The van der Waals surface area contributed by atoms with E-state index < -0.39 is 29.4 Å². The van der Waals surface area contributed by atoms with E-state index in [1.54, 1.807) is 4.57 Å². The van der Waals surface area contributed by atoms with Crippen molar-refractivity contribution in [3.05, 3.63) is 82.2 Å².